The van der Waals surface area contributed by atoms with E-state index in [0.29, 0.717) is 18.7 Å². The number of ketones is 1. The van der Waals surface area contributed by atoms with Crippen molar-refractivity contribution in [2.45, 2.75) is 25.8 Å². The zero-order chi connectivity index (χ0) is 9.97. The van der Waals surface area contributed by atoms with Gasteiger partial charge in [0.1, 0.15) is 5.69 Å². The Labute approximate surface area is 83.1 Å². The highest BCUT2D eigenvalue weighted by molar-refractivity contribution is 5.94. The van der Waals surface area contributed by atoms with Crippen molar-refractivity contribution in [1.82, 2.24) is 9.78 Å². The molecule has 0 spiro atoms. The van der Waals surface area contributed by atoms with Crippen LogP contribution >= 0.6 is 0 Å². The lowest BCUT2D eigenvalue weighted by Crippen LogP contribution is -2.14. The van der Waals surface area contributed by atoms with Crippen LogP contribution in [0.1, 0.15) is 29.8 Å². The van der Waals surface area contributed by atoms with Crippen LogP contribution in [0.5, 0.6) is 0 Å². The van der Waals surface area contributed by atoms with Crippen LogP contribution in [0.25, 0.3) is 0 Å². The second-order valence-electron chi connectivity index (χ2n) is 3.80. The quantitative estimate of drug-likeness (QED) is 0.704. The summed E-state index contributed by atoms with van der Waals surface area (Å²) in [6, 6.07) is 1.78. The molecule has 1 saturated carbocycles. The van der Waals surface area contributed by atoms with Gasteiger partial charge < -0.3 is 5.73 Å². The van der Waals surface area contributed by atoms with E-state index in [-0.39, 0.29) is 5.78 Å². The summed E-state index contributed by atoms with van der Waals surface area (Å²) >= 11 is 0. The van der Waals surface area contributed by atoms with Gasteiger partial charge in [-0.25, -0.2) is 0 Å². The summed E-state index contributed by atoms with van der Waals surface area (Å²) in [7, 11) is 0. The number of nitrogens with two attached hydrogens (primary N) is 1. The summed E-state index contributed by atoms with van der Waals surface area (Å²) in [6.45, 7) is 1.30. The number of hydrogen-bond acceptors (Lipinski definition) is 3. The van der Waals surface area contributed by atoms with Gasteiger partial charge in [-0.15, -0.1) is 0 Å². The molecule has 0 aromatic carbocycles. The third-order valence-corrected chi connectivity index (χ3v) is 2.50. The number of rotatable bonds is 5. The normalized spacial score (nSPS) is 15.8. The fourth-order valence-electron chi connectivity index (χ4n) is 1.52. The second kappa shape index (κ2) is 3.92. The lowest BCUT2D eigenvalue weighted by molar-refractivity contribution is 0.0974. The molecule has 1 fully saturated rings. The van der Waals surface area contributed by atoms with Gasteiger partial charge in [0, 0.05) is 19.2 Å². The van der Waals surface area contributed by atoms with Gasteiger partial charge in [-0.05, 0) is 31.4 Å². The Kier molecular flexibility index (Phi) is 2.63. The van der Waals surface area contributed by atoms with E-state index in [0.717, 1.165) is 12.5 Å². The summed E-state index contributed by atoms with van der Waals surface area (Å²) in [6.07, 6.45) is 4.64. The maximum absolute atomic E-state index is 11.6. The summed E-state index contributed by atoms with van der Waals surface area (Å²) in [5, 5.41) is 4.15. The Balaban J connectivity index is 2.07. The molecule has 1 aliphatic carbocycles. The number of Topliss-reactive ketones (excluding diaryl/α,β-unsaturated/α-hetero) is 1. The third kappa shape index (κ3) is 2.01. The van der Waals surface area contributed by atoms with Crippen molar-refractivity contribution >= 4 is 5.78 Å². The van der Waals surface area contributed by atoms with Crippen molar-refractivity contribution in [2.75, 3.05) is 6.54 Å². The first-order valence-corrected chi connectivity index (χ1v) is 5.06. The number of nitrogens with zero attached hydrogens (tertiary/aromatic N) is 2. The Morgan fingerprint density at radius 1 is 1.64 bits per heavy atom. The molecule has 0 saturated heterocycles. The Morgan fingerprint density at radius 2 is 2.43 bits per heavy atom. The molecule has 2 rings (SSSR count). The van der Waals surface area contributed by atoms with Gasteiger partial charge in [-0.2, -0.15) is 5.10 Å². The first-order chi connectivity index (χ1) is 6.81. The van der Waals surface area contributed by atoms with Crippen LogP contribution in [0.2, 0.25) is 0 Å². The molecule has 1 aliphatic rings. The van der Waals surface area contributed by atoms with Gasteiger partial charge >= 0.3 is 0 Å². The minimum absolute atomic E-state index is 0.102. The topological polar surface area (TPSA) is 60.9 Å². The molecule has 4 nitrogen and oxygen atoms in total. The van der Waals surface area contributed by atoms with E-state index in [1.165, 1.54) is 12.8 Å². The van der Waals surface area contributed by atoms with Crippen LogP contribution in [0.3, 0.4) is 0 Å². The average Bonchev–Trinajstić information content (AvgIpc) is 2.82. The molecule has 0 bridgehead atoms. The highest BCUT2D eigenvalue weighted by Gasteiger charge is 2.23. The second-order valence-corrected chi connectivity index (χ2v) is 3.80. The molecule has 0 radical (unpaired) electrons. The van der Waals surface area contributed by atoms with Crippen molar-refractivity contribution in [3.05, 3.63) is 18.0 Å². The fourth-order valence-corrected chi connectivity index (χ4v) is 1.52. The molecular formula is C10H15N3O. The lowest BCUT2D eigenvalue weighted by atomic mass is 10.2. The van der Waals surface area contributed by atoms with Crippen LogP contribution in [0.15, 0.2) is 12.3 Å². The fraction of sp³-hybridized carbons (Fsp3) is 0.600. The van der Waals surface area contributed by atoms with E-state index in [1.54, 1.807) is 12.3 Å². The van der Waals surface area contributed by atoms with Crippen molar-refractivity contribution in [2.24, 2.45) is 11.7 Å². The zero-order valence-electron chi connectivity index (χ0n) is 8.15. The van der Waals surface area contributed by atoms with Crippen LogP contribution in [-0.2, 0) is 6.54 Å². The summed E-state index contributed by atoms with van der Waals surface area (Å²) in [5.74, 6) is 0.838. The molecule has 0 aliphatic heterocycles. The number of hydrogen-bond donors (Lipinski definition) is 1. The molecule has 0 amide bonds. The van der Waals surface area contributed by atoms with Crippen LogP contribution in [0, 0.1) is 5.92 Å². The van der Waals surface area contributed by atoms with E-state index in [2.05, 4.69) is 5.10 Å². The Bertz CT molecular complexity index is 328. The van der Waals surface area contributed by atoms with Gasteiger partial charge in [0.25, 0.3) is 0 Å². The summed E-state index contributed by atoms with van der Waals surface area (Å²) < 4.78 is 1.82. The van der Waals surface area contributed by atoms with E-state index < -0.39 is 0 Å². The van der Waals surface area contributed by atoms with Crippen molar-refractivity contribution in [3.8, 4) is 0 Å². The van der Waals surface area contributed by atoms with Crippen molar-refractivity contribution in [1.29, 1.82) is 0 Å². The van der Waals surface area contributed by atoms with Crippen LogP contribution in [-0.4, -0.2) is 22.1 Å². The molecule has 1 aromatic rings. The molecule has 14 heavy (non-hydrogen) atoms. The van der Waals surface area contributed by atoms with E-state index >= 15 is 0 Å². The number of aromatic nitrogens is 2. The molecule has 1 aromatic heterocycles. The molecular weight excluding hydrogens is 178 g/mol. The van der Waals surface area contributed by atoms with E-state index in [1.807, 2.05) is 4.68 Å². The minimum atomic E-state index is 0.102. The van der Waals surface area contributed by atoms with Gasteiger partial charge in [-0.3, -0.25) is 9.48 Å². The molecule has 2 N–H and O–H groups in total. The van der Waals surface area contributed by atoms with E-state index in [9.17, 15) is 4.79 Å². The van der Waals surface area contributed by atoms with Crippen LogP contribution in [0.4, 0.5) is 0 Å². The average molecular weight is 193 g/mol. The Morgan fingerprint density at radius 3 is 3.07 bits per heavy atom. The van der Waals surface area contributed by atoms with Gasteiger partial charge in [0.2, 0.25) is 0 Å². The van der Waals surface area contributed by atoms with Gasteiger partial charge in [0.05, 0.1) is 0 Å². The molecule has 0 unspecified atom stereocenters. The van der Waals surface area contributed by atoms with E-state index in [4.69, 9.17) is 5.73 Å². The van der Waals surface area contributed by atoms with Gasteiger partial charge in [0.15, 0.2) is 5.78 Å². The summed E-state index contributed by atoms with van der Waals surface area (Å²) in [5.41, 5.74) is 6.06. The third-order valence-electron chi connectivity index (χ3n) is 2.50. The lowest BCUT2D eigenvalue weighted by Gasteiger charge is -2.04. The molecule has 0 atom stereocenters. The first kappa shape index (κ1) is 9.40. The SMILES string of the molecule is NCCC(=O)c1ccnn1CC1CC1. The highest BCUT2D eigenvalue weighted by Crippen LogP contribution is 2.30. The predicted octanol–water partition coefficient (Wildman–Crippen LogP) is 0.825. The largest absolute Gasteiger partial charge is 0.330 e. The van der Waals surface area contributed by atoms with Crippen molar-refractivity contribution in [3.63, 3.8) is 0 Å². The number of carbonyl (C=O) groups excluding carboxylic acids is 1. The standard InChI is InChI=1S/C10H15N3O/c11-5-3-10(14)9-4-6-12-13(9)7-8-1-2-8/h4,6,8H,1-3,5,7,11H2. The monoisotopic (exact) mass is 193 g/mol. The molecule has 4 heteroatoms. The maximum atomic E-state index is 11.6. The first-order valence-electron chi connectivity index (χ1n) is 5.06. The smallest absolute Gasteiger partial charge is 0.182 e. The van der Waals surface area contributed by atoms with Crippen LogP contribution < -0.4 is 5.73 Å². The highest BCUT2D eigenvalue weighted by atomic mass is 16.1. The Hall–Kier alpha value is -1.16. The molecule has 76 valence electrons. The summed E-state index contributed by atoms with van der Waals surface area (Å²) in [4.78, 5) is 11.6. The molecule has 1 heterocycles. The zero-order valence-corrected chi connectivity index (χ0v) is 8.15. The minimum Gasteiger partial charge on any atom is -0.330 e. The van der Waals surface area contributed by atoms with Gasteiger partial charge in [-0.1, -0.05) is 0 Å². The number of carbonyl (C=O) groups is 1. The predicted molar refractivity (Wildman–Crippen MR) is 53.0 cm³/mol. The van der Waals surface area contributed by atoms with Crippen molar-refractivity contribution < 1.29 is 4.79 Å². The maximum Gasteiger partial charge on any atom is 0.182 e.